The van der Waals surface area contributed by atoms with Crippen LogP contribution in [0.1, 0.15) is 18.1 Å². The molecule has 1 amide bonds. The molecule has 2 aromatic carbocycles. The van der Waals surface area contributed by atoms with Crippen LogP contribution in [0.4, 0.5) is 5.69 Å². The third-order valence-corrected chi connectivity index (χ3v) is 5.21. The number of fused-ring (bicyclic) bond motifs is 1. The Bertz CT molecular complexity index is 822. The molecule has 0 spiro atoms. The van der Waals surface area contributed by atoms with E-state index in [0.29, 0.717) is 11.4 Å². The van der Waals surface area contributed by atoms with Crippen LogP contribution in [0.2, 0.25) is 0 Å². The van der Waals surface area contributed by atoms with Crippen LogP contribution in [-0.2, 0) is 17.8 Å². The Morgan fingerprint density at radius 1 is 1.00 bits per heavy atom. The average molecular weight is 371 g/mol. The van der Waals surface area contributed by atoms with Crippen LogP contribution in [0.5, 0.6) is 17.2 Å². The number of para-hydroxylation sites is 2. The molecule has 6 nitrogen and oxygen atoms in total. The van der Waals surface area contributed by atoms with Crippen molar-refractivity contribution < 1.29 is 23.9 Å². The second-order valence-electron chi connectivity index (χ2n) is 6.72. The highest BCUT2D eigenvalue weighted by Gasteiger charge is 2.30. The Kier molecular flexibility index (Phi) is 5.86. The maximum Gasteiger partial charge on any atom is 0.282 e. The molecular formula is C21H27N2O4+. The number of quaternary nitrogens is 1. The molecule has 0 radical (unpaired) electrons. The minimum absolute atomic E-state index is 0.0153. The minimum Gasteiger partial charge on any atom is -0.495 e. The van der Waals surface area contributed by atoms with Gasteiger partial charge in [-0.15, -0.1) is 0 Å². The summed E-state index contributed by atoms with van der Waals surface area (Å²) in [5, 5.41) is 2.99. The van der Waals surface area contributed by atoms with Gasteiger partial charge in [-0.2, -0.15) is 0 Å². The summed E-state index contributed by atoms with van der Waals surface area (Å²) in [6.45, 7) is 3.63. The van der Waals surface area contributed by atoms with Crippen molar-refractivity contribution in [2.45, 2.75) is 25.9 Å². The van der Waals surface area contributed by atoms with E-state index in [0.717, 1.165) is 31.0 Å². The van der Waals surface area contributed by atoms with Gasteiger partial charge in [-0.1, -0.05) is 12.1 Å². The van der Waals surface area contributed by atoms with Gasteiger partial charge in [-0.05, 0) is 36.8 Å². The lowest BCUT2D eigenvalue weighted by Crippen LogP contribution is -3.16. The highest BCUT2D eigenvalue weighted by Crippen LogP contribution is 2.31. The summed E-state index contributed by atoms with van der Waals surface area (Å²) in [4.78, 5) is 14.0. The van der Waals surface area contributed by atoms with Crippen LogP contribution in [-0.4, -0.2) is 39.8 Å². The molecule has 0 aliphatic carbocycles. The Labute approximate surface area is 160 Å². The quantitative estimate of drug-likeness (QED) is 0.811. The number of rotatable bonds is 6. The molecule has 0 aromatic heterocycles. The molecule has 0 fully saturated rings. The van der Waals surface area contributed by atoms with Gasteiger partial charge in [0.2, 0.25) is 0 Å². The second kappa shape index (κ2) is 8.31. The monoisotopic (exact) mass is 371 g/mol. The van der Waals surface area contributed by atoms with E-state index in [4.69, 9.17) is 14.2 Å². The zero-order chi connectivity index (χ0) is 19.4. The molecule has 2 N–H and O–H groups in total. The first-order valence-electron chi connectivity index (χ1n) is 9.09. The number of hydrogen-bond donors (Lipinski definition) is 2. The largest absolute Gasteiger partial charge is 0.495 e. The molecule has 6 heteroatoms. The molecule has 1 aliphatic heterocycles. The summed E-state index contributed by atoms with van der Waals surface area (Å²) in [7, 11) is 4.89. The van der Waals surface area contributed by atoms with Gasteiger partial charge in [0.15, 0.2) is 17.5 Å². The van der Waals surface area contributed by atoms with Crippen LogP contribution >= 0.6 is 0 Å². The number of amides is 1. The van der Waals surface area contributed by atoms with Gasteiger partial charge in [-0.25, -0.2) is 0 Å². The number of carbonyl (C=O) groups excluding carboxylic acids is 1. The summed E-state index contributed by atoms with van der Waals surface area (Å²) in [6.07, 6.45) is 0.900. The first-order valence-corrected chi connectivity index (χ1v) is 9.09. The summed E-state index contributed by atoms with van der Waals surface area (Å²) in [6, 6.07) is 11.3. The van der Waals surface area contributed by atoms with E-state index in [1.54, 1.807) is 21.3 Å². The highest BCUT2D eigenvalue weighted by atomic mass is 16.5. The summed E-state index contributed by atoms with van der Waals surface area (Å²) >= 11 is 0. The predicted molar refractivity (Wildman–Crippen MR) is 104 cm³/mol. The molecule has 0 saturated carbocycles. The number of ether oxygens (including phenoxy) is 3. The number of benzene rings is 2. The van der Waals surface area contributed by atoms with Gasteiger partial charge >= 0.3 is 0 Å². The molecule has 0 saturated heterocycles. The number of anilines is 1. The Hall–Kier alpha value is -2.73. The number of methoxy groups -OCH3 is 3. The van der Waals surface area contributed by atoms with Crippen molar-refractivity contribution in [2.24, 2.45) is 0 Å². The third kappa shape index (κ3) is 4.01. The van der Waals surface area contributed by atoms with Crippen molar-refractivity contribution in [3.63, 3.8) is 0 Å². The van der Waals surface area contributed by atoms with E-state index in [2.05, 4.69) is 5.32 Å². The lowest BCUT2D eigenvalue weighted by atomic mass is 9.97. The lowest BCUT2D eigenvalue weighted by Gasteiger charge is -2.30. The van der Waals surface area contributed by atoms with Gasteiger partial charge < -0.3 is 24.4 Å². The molecule has 2 atom stereocenters. The van der Waals surface area contributed by atoms with Crippen LogP contribution in [0.15, 0.2) is 36.4 Å². The molecular weight excluding hydrogens is 344 g/mol. The fourth-order valence-corrected chi connectivity index (χ4v) is 3.53. The SMILES string of the molecule is COc1ccccc1NC(=O)[C@H](C)[NH+]1CCc2cc(OC)c(OC)cc2C1. The lowest BCUT2D eigenvalue weighted by molar-refractivity contribution is -0.929. The van der Waals surface area contributed by atoms with Crippen LogP contribution < -0.4 is 24.4 Å². The maximum absolute atomic E-state index is 12.8. The van der Waals surface area contributed by atoms with Crippen molar-refractivity contribution >= 4 is 11.6 Å². The van der Waals surface area contributed by atoms with Crippen molar-refractivity contribution in [1.82, 2.24) is 0 Å². The molecule has 0 bridgehead atoms. The van der Waals surface area contributed by atoms with Crippen LogP contribution in [0, 0.1) is 0 Å². The van der Waals surface area contributed by atoms with Crippen molar-refractivity contribution in [2.75, 3.05) is 33.2 Å². The van der Waals surface area contributed by atoms with Gasteiger partial charge in [-0.3, -0.25) is 4.79 Å². The van der Waals surface area contributed by atoms with Crippen LogP contribution in [0.3, 0.4) is 0 Å². The molecule has 1 heterocycles. The van der Waals surface area contributed by atoms with E-state index in [1.165, 1.54) is 16.0 Å². The zero-order valence-electron chi connectivity index (χ0n) is 16.3. The fourth-order valence-electron chi connectivity index (χ4n) is 3.53. The maximum atomic E-state index is 12.8. The average Bonchev–Trinajstić information content (AvgIpc) is 2.71. The highest BCUT2D eigenvalue weighted by molar-refractivity contribution is 5.94. The van der Waals surface area contributed by atoms with E-state index in [9.17, 15) is 4.79 Å². The summed E-state index contributed by atoms with van der Waals surface area (Å²) < 4.78 is 16.1. The van der Waals surface area contributed by atoms with Gasteiger partial charge in [0.25, 0.3) is 5.91 Å². The smallest absolute Gasteiger partial charge is 0.282 e. The van der Waals surface area contributed by atoms with Crippen molar-refractivity contribution in [1.29, 1.82) is 0 Å². The summed E-state index contributed by atoms with van der Waals surface area (Å²) in [5.41, 5.74) is 3.15. The number of nitrogens with one attached hydrogen (secondary N) is 2. The molecule has 3 rings (SSSR count). The first kappa shape index (κ1) is 19.0. The van der Waals surface area contributed by atoms with Crippen molar-refractivity contribution in [3.05, 3.63) is 47.5 Å². The van der Waals surface area contributed by atoms with Gasteiger partial charge in [0, 0.05) is 12.0 Å². The molecule has 1 aliphatic rings. The van der Waals surface area contributed by atoms with Crippen LogP contribution in [0.25, 0.3) is 0 Å². The van der Waals surface area contributed by atoms with E-state index >= 15 is 0 Å². The number of carbonyl (C=O) groups is 1. The number of hydrogen-bond acceptors (Lipinski definition) is 4. The zero-order valence-corrected chi connectivity index (χ0v) is 16.3. The van der Waals surface area contributed by atoms with Gasteiger partial charge in [0.1, 0.15) is 12.3 Å². The third-order valence-electron chi connectivity index (χ3n) is 5.21. The topological polar surface area (TPSA) is 61.2 Å². The van der Waals surface area contributed by atoms with E-state index < -0.39 is 0 Å². The molecule has 1 unspecified atom stereocenters. The first-order chi connectivity index (χ1) is 13.1. The second-order valence-corrected chi connectivity index (χ2v) is 6.72. The van der Waals surface area contributed by atoms with E-state index in [-0.39, 0.29) is 11.9 Å². The van der Waals surface area contributed by atoms with Crippen molar-refractivity contribution in [3.8, 4) is 17.2 Å². The Morgan fingerprint density at radius 3 is 2.30 bits per heavy atom. The molecule has 144 valence electrons. The molecule has 27 heavy (non-hydrogen) atoms. The van der Waals surface area contributed by atoms with Gasteiger partial charge in [0.05, 0.1) is 33.6 Å². The fraction of sp³-hybridized carbons (Fsp3) is 0.381. The standard InChI is InChI=1S/C21H26N2O4/c1-14(21(24)22-17-7-5-6-8-18(17)25-2)23-10-9-15-11-19(26-3)20(27-4)12-16(15)13-23/h5-8,11-12,14H,9-10,13H2,1-4H3,(H,22,24)/p+1/t14-/m0/s1. The Balaban J connectivity index is 1.73. The summed E-state index contributed by atoms with van der Waals surface area (Å²) in [5.74, 6) is 2.12. The normalized spacial score (nSPS) is 16.8. The minimum atomic E-state index is -0.184. The van der Waals surface area contributed by atoms with E-state index in [1.807, 2.05) is 43.3 Å². The molecule has 2 aromatic rings. The Morgan fingerprint density at radius 2 is 1.63 bits per heavy atom. The predicted octanol–water partition coefficient (Wildman–Crippen LogP) is 1.68.